The van der Waals surface area contributed by atoms with Crippen molar-refractivity contribution in [2.75, 3.05) is 0 Å². The van der Waals surface area contributed by atoms with Crippen LogP contribution in [-0.4, -0.2) is 4.70 Å². The molecule has 2 nitrogen and oxygen atoms in total. The van der Waals surface area contributed by atoms with Gasteiger partial charge in [-0.15, -0.1) is 0 Å². The first-order valence-corrected chi connectivity index (χ1v) is 22.0. The molecule has 1 aliphatic heterocycles. The van der Waals surface area contributed by atoms with E-state index in [9.17, 15) is 5.53 Å². The Hall–Kier alpha value is -1.99. The second-order valence-electron chi connectivity index (χ2n) is 14.2. The van der Waals surface area contributed by atoms with Crippen molar-refractivity contribution in [2.45, 2.75) is 194 Å². The predicted molar refractivity (Wildman–Crippen MR) is 214 cm³/mol. The van der Waals surface area contributed by atoms with Crippen molar-refractivity contribution < 1.29 is 19.1 Å². The number of hydrogen-bond donors (Lipinski definition) is 0. The number of allylic oxidation sites excluding steroid dienone is 2. The predicted octanol–water partition coefficient (Wildman–Crippen LogP) is 15.9. The fourth-order valence-electron chi connectivity index (χ4n) is 6.69. The van der Waals surface area contributed by atoms with Gasteiger partial charge in [0.25, 0.3) is 0 Å². The van der Waals surface area contributed by atoms with Gasteiger partial charge in [-0.1, -0.05) is 76.3 Å². The number of rotatable bonds is 26. The molecular weight excluding hydrogens is 639 g/mol. The first-order chi connectivity index (χ1) is 24.0. The van der Waals surface area contributed by atoms with Gasteiger partial charge in [0.15, 0.2) is 0 Å². The van der Waals surface area contributed by atoms with Gasteiger partial charge in [-0.25, -0.2) is 4.70 Å². The average Bonchev–Trinajstić information content (AvgIpc) is 3.39. The van der Waals surface area contributed by atoms with Crippen molar-refractivity contribution in [3.05, 3.63) is 87.5 Å². The van der Waals surface area contributed by atoms with E-state index in [-0.39, 0.29) is 0 Å². The molecule has 1 aliphatic rings. The molecule has 2 aromatic rings. The van der Waals surface area contributed by atoms with Crippen molar-refractivity contribution in [2.24, 2.45) is 0 Å². The van der Waals surface area contributed by atoms with E-state index in [2.05, 4.69) is 90.1 Å². The molecule has 0 amide bonds. The van der Waals surface area contributed by atoms with E-state index in [0.717, 1.165) is 61.0 Å². The molecule has 3 heteroatoms. The molecular formula is C46H74N2Ni. The molecule has 0 radical (unpaired) electrons. The Labute approximate surface area is 310 Å². The van der Waals surface area contributed by atoms with Crippen LogP contribution in [0.5, 0.6) is 0 Å². The molecule has 0 aliphatic carbocycles. The molecule has 0 fully saturated rings. The first-order valence-electron chi connectivity index (χ1n) is 20.6. The number of unbranched alkanes of at least 4 members (excludes halogenated alkanes) is 14. The van der Waals surface area contributed by atoms with Crippen LogP contribution in [0.3, 0.4) is 0 Å². The topological polar surface area (TPSA) is 25.3 Å². The summed E-state index contributed by atoms with van der Waals surface area (Å²) in [5.41, 5.74) is 21.1. The van der Waals surface area contributed by atoms with E-state index in [0.29, 0.717) is 0 Å². The Morgan fingerprint density at radius 3 is 1.49 bits per heavy atom. The molecule has 0 atom stereocenters. The summed E-state index contributed by atoms with van der Waals surface area (Å²) in [5, 5.41) is 2.85. The third-order valence-corrected chi connectivity index (χ3v) is 11.0. The zero-order valence-corrected chi connectivity index (χ0v) is 33.8. The molecule has 49 heavy (non-hydrogen) atoms. The molecule has 1 heterocycles. The van der Waals surface area contributed by atoms with Crippen molar-refractivity contribution in [3.8, 4) is 0 Å². The van der Waals surface area contributed by atoms with Crippen LogP contribution in [0.15, 0.2) is 59.7 Å². The molecule has 0 spiro atoms. The van der Waals surface area contributed by atoms with Crippen LogP contribution in [0, 0.1) is 6.92 Å². The molecule has 0 unspecified atom stereocenters. The molecule has 0 N–H and O–H groups in total. The molecule has 2 aromatic carbocycles. The van der Waals surface area contributed by atoms with Gasteiger partial charge in [-0.2, -0.15) is 0 Å². The molecule has 0 aromatic heterocycles. The van der Waals surface area contributed by atoms with Crippen LogP contribution in [0.25, 0.3) is 16.9 Å². The van der Waals surface area contributed by atoms with Gasteiger partial charge >= 0.3 is 116 Å². The van der Waals surface area contributed by atoms with E-state index in [1.165, 1.54) is 140 Å². The molecule has 3 rings (SSSR count). The third kappa shape index (κ3) is 16.7. The number of nitrogens with zero attached hydrogens (tertiary/aromatic N) is 2. The fourth-order valence-corrected chi connectivity index (χ4v) is 7.93. The Kier molecular flexibility index (Phi) is 24.4. The van der Waals surface area contributed by atoms with Crippen LogP contribution in [0.1, 0.15) is 192 Å². The number of hydrogen-bond acceptors (Lipinski definition) is 0. The maximum atomic E-state index is 11.6. The molecule has 0 saturated carbocycles. The Morgan fingerprint density at radius 1 is 0.490 bits per heavy atom. The second-order valence-corrected chi connectivity index (χ2v) is 15.7. The summed E-state index contributed by atoms with van der Waals surface area (Å²) in [6.45, 7) is 13.4. The zero-order chi connectivity index (χ0) is 35.5. The Bertz CT molecular complexity index is 1230. The van der Waals surface area contributed by atoms with Gasteiger partial charge in [0.05, 0.1) is 0 Å². The van der Waals surface area contributed by atoms with Crippen molar-refractivity contribution in [1.82, 2.24) is 0 Å². The van der Waals surface area contributed by atoms with Crippen LogP contribution < -0.4 is 0 Å². The monoisotopic (exact) mass is 713 g/mol. The summed E-state index contributed by atoms with van der Waals surface area (Å²) in [4.78, 5) is 0. The van der Waals surface area contributed by atoms with Gasteiger partial charge < -0.3 is 5.53 Å². The number of aryl methyl sites for hydroxylation is 2. The van der Waals surface area contributed by atoms with Crippen LogP contribution in [-0.2, 0) is 20.9 Å². The fraction of sp³-hybridized carbons (Fsp3) is 0.652. The minimum absolute atomic E-state index is 0.989. The maximum absolute atomic E-state index is 11.6. The zero-order valence-electron chi connectivity index (χ0n) is 32.8. The summed E-state index contributed by atoms with van der Waals surface area (Å²) in [6, 6.07) is 17.4. The van der Waals surface area contributed by atoms with Crippen LogP contribution >= 0.6 is 0 Å². The normalized spacial score (nSPS) is 13.1. The molecule has 0 saturated heterocycles. The van der Waals surface area contributed by atoms with Crippen LogP contribution in [0.4, 0.5) is 0 Å². The third-order valence-electron chi connectivity index (χ3n) is 9.64. The first kappa shape index (κ1) is 43.2. The van der Waals surface area contributed by atoms with Crippen LogP contribution in [0.2, 0.25) is 10.8 Å². The van der Waals surface area contributed by atoms with Gasteiger partial charge in [0.2, 0.25) is 11.4 Å². The standard InChI is InChI=1S/C30H40N2.2C8H17.Ni/c1-5-8-11-20-28-27(19-10-7-3)29(25-17-12-14-23(4)21-25)32(31)30(28)26-18-13-16-24(22-26)15-9-6-2;2*1-3-5-7-8-6-4-2;/h12-14,16-18,21-22H,5-11,15,19-20H2,1-4H3;2*1,3-8H2,2H3;. The van der Waals surface area contributed by atoms with Gasteiger partial charge in [-0.3, -0.25) is 0 Å². The Balaban J connectivity index is 0.000000417. The van der Waals surface area contributed by atoms with Gasteiger partial charge in [0, 0.05) is 22.3 Å². The SMILES string of the molecule is CCCCCC1=C(c2cccc(CCCC)c2)[N+](=[N-])C(c2cccc(C)c2)=C1CCCC.CCCCCCC[CH2][Ni][CH2]CCCCCCC. The summed E-state index contributed by atoms with van der Waals surface area (Å²) in [6.07, 6.45) is 28.7. The second kappa shape index (κ2) is 27.7. The van der Waals surface area contributed by atoms with Gasteiger partial charge in [-0.05, 0) is 75.3 Å². The quantitative estimate of drug-likeness (QED) is 0.0527. The van der Waals surface area contributed by atoms with E-state index < -0.39 is 0 Å². The summed E-state index contributed by atoms with van der Waals surface area (Å²) < 4.78 is 1.51. The van der Waals surface area contributed by atoms with Crippen molar-refractivity contribution >= 4 is 11.4 Å². The van der Waals surface area contributed by atoms with E-state index in [1.807, 2.05) is 14.4 Å². The number of benzene rings is 2. The molecule has 278 valence electrons. The van der Waals surface area contributed by atoms with Gasteiger partial charge in [0.1, 0.15) is 0 Å². The summed E-state index contributed by atoms with van der Waals surface area (Å²) in [7, 11) is 0. The average molecular weight is 714 g/mol. The summed E-state index contributed by atoms with van der Waals surface area (Å²) in [5.74, 6) is 0. The summed E-state index contributed by atoms with van der Waals surface area (Å²) >= 11 is 2.01. The minimum atomic E-state index is 0.989. The van der Waals surface area contributed by atoms with Crippen molar-refractivity contribution in [3.63, 3.8) is 0 Å². The van der Waals surface area contributed by atoms with E-state index >= 15 is 0 Å². The van der Waals surface area contributed by atoms with E-state index in [4.69, 9.17) is 0 Å². The molecule has 0 bridgehead atoms. The van der Waals surface area contributed by atoms with Crippen molar-refractivity contribution in [1.29, 1.82) is 0 Å². The Morgan fingerprint density at radius 2 is 0.939 bits per heavy atom. The van der Waals surface area contributed by atoms with E-state index in [1.54, 1.807) is 0 Å².